The number of carbonyl (C=O) groups excluding carboxylic acids is 1. The third kappa shape index (κ3) is 19.9. The molecule has 0 aromatic carbocycles. The molecular weight excluding hydrogens is 328 g/mol. The maximum atomic E-state index is 11.6. The Kier molecular flexibility index (Phi) is 19.0. The van der Waals surface area contributed by atoms with Crippen LogP contribution in [0.4, 0.5) is 0 Å². The molecular formula is C19H37ClO4. The number of halogens is 1. The van der Waals surface area contributed by atoms with E-state index < -0.39 is 0 Å². The van der Waals surface area contributed by atoms with Crippen molar-refractivity contribution in [1.82, 2.24) is 0 Å². The highest BCUT2D eigenvalue weighted by Gasteiger charge is 2.02. The third-order valence-electron chi connectivity index (χ3n) is 3.62. The number of unbranched alkanes of at least 4 members (excludes halogenated alkanes) is 3. The lowest BCUT2D eigenvalue weighted by molar-refractivity contribution is -0.124. The van der Waals surface area contributed by atoms with Gasteiger partial charge in [-0.1, -0.05) is 26.7 Å². The number of ketones is 1. The topological polar surface area (TPSA) is 44.8 Å². The molecule has 0 spiro atoms. The molecule has 0 unspecified atom stereocenters. The summed E-state index contributed by atoms with van der Waals surface area (Å²) in [4.78, 5) is 11.6. The fourth-order valence-electron chi connectivity index (χ4n) is 2.20. The molecule has 0 aromatic rings. The summed E-state index contributed by atoms with van der Waals surface area (Å²) in [7, 11) is 0. The van der Waals surface area contributed by atoms with Gasteiger partial charge in [-0.25, -0.2) is 0 Å². The van der Waals surface area contributed by atoms with Crippen LogP contribution in [-0.4, -0.2) is 51.3 Å². The Balaban J connectivity index is 3.14. The van der Waals surface area contributed by atoms with Crippen molar-refractivity contribution < 1.29 is 19.0 Å². The van der Waals surface area contributed by atoms with Crippen molar-refractivity contribution in [3.05, 3.63) is 0 Å². The molecule has 0 aliphatic heterocycles. The number of Topliss-reactive ketones (excluding diaryl/α,β-unsaturated/α-hetero) is 1. The summed E-state index contributed by atoms with van der Waals surface area (Å²) in [5.41, 5.74) is 0. The minimum Gasteiger partial charge on any atom is -0.379 e. The molecule has 0 aliphatic carbocycles. The van der Waals surface area contributed by atoms with Crippen LogP contribution in [0.2, 0.25) is 0 Å². The van der Waals surface area contributed by atoms with Crippen molar-refractivity contribution in [2.45, 2.75) is 65.2 Å². The van der Waals surface area contributed by atoms with Crippen LogP contribution in [-0.2, 0) is 19.0 Å². The van der Waals surface area contributed by atoms with E-state index in [1.807, 2.05) is 0 Å². The molecule has 24 heavy (non-hydrogen) atoms. The smallest absolute Gasteiger partial charge is 0.158 e. The van der Waals surface area contributed by atoms with Crippen LogP contribution in [0.3, 0.4) is 0 Å². The number of hydrogen-bond acceptors (Lipinski definition) is 4. The molecule has 4 nitrogen and oxygen atoms in total. The molecule has 144 valence electrons. The number of rotatable bonds is 19. The van der Waals surface area contributed by atoms with Crippen molar-refractivity contribution >= 4 is 17.4 Å². The Hall–Kier alpha value is -0.160. The SMILES string of the molecule is CC(C)CCCOCC(=O)CCCOCCOCCCCCCCl. The second-order valence-electron chi connectivity index (χ2n) is 6.56. The fourth-order valence-corrected chi connectivity index (χ4v) is 2.39. The number of hydrogen-bond donors (Lipinski definition) is 0. The zero-order valence-electron chi connectivity index (χ0n) is 15.7. The van der Waals surface area contributed by atoms with Gasteiger partial charge in [0.15, 0.2) is 5.78 Å². The van der Waals surface area contributed by atoms with Crippen LogP contribution in [0.15, 0.2) is 0 Å². The average molecular weight is 365 g/mol. The fraction of sp³-hybridized carbons (Fsp3) is 0.947. The Morgan fingerprint density at radius 2 is 1.42 bits per heavy atom. The van der Waals surface area contributed by atoms with E-state index >= 15 is 0 Å². The lowest BCUT2D eigenvalue weighted by Gasteiger charge is -2.07. The Bertz CT molecular complexity index is 272. The first-order valence-corrected chi connectivity index (χ1v) is 10.0. The average Bonchev–Trinajstić information content (AvgIpc) is 2.55. The lowest BCUT2D eigenvalue weighted by Crippen LogP contribution is -2.11. The number of carbonyl (C=O) groups is 1. The predicted octanol–water partition coefficient (Wildman–Crippen LogP) is 4.62. The van der Waals surface area contributed by atoms with E-state index in [-0.39, 0.29) is 12.4 Å². The first-order chi connectivity index (χ1) is 11.7. The Morgan fingerprint density at radius 1 is 0.792 bits per heavy atom. The molecule has 0 amide bonds. The summed E-state index contributed by atoms with van der Waals surface area (Å²) in [5.74, 6) is 1.61. The molecule has 0 aromatic heterocycles. The summed E-state index contributed by atoms with van der Waals surface area (Å²) in [6.45, 7) is 7.94. The highest BCUT2D eigenvalue weighted by molar-refractivity contribution is 6.17. The van der Waals surface area contributed by atoms with Crippen molar-refractivity contribution in [3.8, 4) is 0 Å². The van der Waals surface area contributed by atoms with Gasteiger partial charge in [-0.3, -0.25) is 4.79 Å². The first kappa shape index (κ1) is 23.8. The summed E-state index contributed by atoms with van der Waals surface area (Å²) in [6, 6.07) is 0. The van der Waals surface area contributed by atoms with Crippen LogP contribution >= 0.6 is 11.6 Å². The monoisotopic (exact) mass is 364 g/mol. The van der Waals surface area contributed by atoms with Gasteiger partial charge in [0.2, 0.25) is 0 Å². The summed E-state index contributed by atoms with van der Waals surface area (Å²) in [5, 5.41) is 0. The summed E-state index contributed by atoms with van der Waals surface area (Å²) >= 11 is 5.62. The van der Waals surface area contributed by atoms with Gasteiger partial charge in [0, 0.05) is 32.1 Å². The molecule has 0 heterocycles. The summed E-state index contributed by atoms with van der Waals surface area (Å²) in [6.07, 6.45) is 8.00. The maximum Gasteiger partial charge on any atom is 0.158 e. The van der Waals surface area contributed by atoms with Gasteiger partial charge in [-0.05, 0) is 38.0 Å². The van der Waals surface area contributed by atoms with Gasteiger partial charge in [0.05, 0.1) is 13.2 Å². The van der Waals surface area contributed by atoms with Gasteiger partial charge in [-0.15, -0.1) is 11.6 Å². The quantitative estimate of drug-likeness (QED) is 0.248. The zero-order valence-corrected chi connectivity index (χ0v) is 16.5. The summed E-state index contributed by atoms with van der Waals surface area (Å²) < 4.78 is 16.3. The number of ether oxygens (including phenoxy) is 3. The second-order valence-corrected chi connectivity index (χ2v) is 6.94. The van der Waals surface area contributed by atoms with E-state index in [2.05, 4.69) is 13.8 Å². The molecule has 0 fully saturated rings. The standard InChI is InChI=1S/C19H37ClO4/c1-18(2)9-7-14-24-17-19(21)10-8-13-23-16-15-22-12-6-4-3-5-11-20/h18H,3-17H2,1-2H3. The van der Waals surface area contributed by atoms with E-state index in [0.717, 1.165) is 44.6 Å². The van der Waals surface area contributed by atoms with E-state index in [1.54, 1.807) is 0 Å². The molecule has 0 aliphatic rings. The zero-order chi connectivity index (χ0) is 17.9. The highest BCUT2D eigenvalue weighted by Crippen LogP contribution is 2.03. The Labute approximate surface area is 153 Å². The van der Waals surface area contributed by atoms with Crippen LogP contribution < -0.4 is 0 Å². The molecule has 0 radical (unpaired) electrons. The molecule has 0 bridgehead atoms. The molecule has 0 saturated carbocycles. The second kappa shape index (κ2) is 19.2. The van der Waals surface area contributed by atoms with Crippen molar-refractivity contribution in [3.63, 3.8) is 0 Å². The lowest BCUT2D eigenvalue weighted by atomic mass is 10.1. The van der Waals surface area contributed by atoms with Crippen molar-refractivity contribution in [2.24, 2.45) is 5.92 Å². The van der Waals surface area contributed by atoms with Crippen LogP contribution in [0.5, 0.6) is 0 Å². The molecule has 0 N–H and O–H groups in total. The molecule has 0 rings (SSSR count). The van der Waals surface area contributed by atoms with Gasteiger partial charge in [0.1, 0.15) is 6.61 Å². The molecule has 5 heteroatoms. The van der Waals surface area contributed by atoms with E-state index in [1.165, 1.54) is 12.8 Å². The minimum atomic E-state index is 0.163. The normalized spacial score (nSPS) is 11.3. The highest BCUT2D eigenvalue weighted by atomic mass is 35.5. The van der Waals surface area contributed by atoms with E-state index in [0.29, 0.717) is 38.8 Å². The first-order valence-electron chi connectivity index (χ1n) is 9.47. The van der Waals surface area contributed by atoms with Gasteiger partial charge in [-0.2, -0.15) is 0 Å². The van der Waals surface area contributed by atoms with Crippen LogP contribution in [0.1, 0.15) is 65.2 Å². The van der Waals surface area contributed by atoms with Gasteiger partial charge < -0.3 is 14.2 Å². The minimum absolute atomic E-state index is 0.163. The van der Waals surface area contributed by atoms with Gasteiger partial charge >= 0.3 is 0 Å². The molecule has 0 saturated heterocycles. The van der Waals surface area contributed by atoms with E-state index in [9.17, 15) is 4.79 Å². The van der Waals surface area contributed by atoms with Crippen molar-refractivity contribution in [2.75, 3.05) is 45.5 Å². The van der Waals surface area contributed by atoms with Gasteiger partial charge in [0.25, 0.3) is 0 Å². The van der Waals surface area contributed by atoms with Crippen LogP contribution in [0, 0.1) is 5.92 Å². The third-order valence-corrected chi connectivity index (χ3v) is 3.89. The van der Waals surface area contributed by atoms with Crippen molar-refractivity contribution in [1.29, 1.82) is 0 Å². The predicted molar refractivity (Wildman–Crippen MR) is 100.0 cm³/mol. The number of alkyl halides is 1. The largest absolute Gasteiger partial charge is 0.379 e. The Morgan fingerprint density at radius 3 is 2.08 bits per heavy atom. The molecule has 0 atom stereocenters. The van der Waals surface area contributed by atoms with E-state index in [4.69, 9.17) is 25.8 Å². The maximum absolute atomic E-state index is 11.6. The van der Waals surface area contributed by atoms with Crippen LogP contribution in [0.25, 0.3) is 0 Å².